The third-order valence-corrected chi connectivity index (χ3v) is 4.13. The number of nitrogens with two attached hydrogens (primary N) is 1. The zero-order valence-corrected chi connectivity index (χ0v) is 11.1. The summed E-state index contributed by atoms with van der Waals surface area (Å²) < 4.78 is 26.6. The van der Waals surface area contributed by atoms with Gasteiger partial charge in [0.25, 0.3) is 0 Å². The highest BCUT2D eigenvalue weighted by Crippen LogP contribution is 2.16. The molecule has 0 aliphatic carbocycles. The van der Waals surface area contributed by atoms with E-state index in [4.69, 9.17) is 11.0 Å². The quantitative estimate of drug-likeness (QED) is 0.748. The van der Waals surface area contributed by atoms with Crippen molar-refractivity contribution >= 4 is 10.0 Å². The molecule has 0 spiro atoms. The molecule has 0 atom stereocenters. The maximum atomic E-state index is 12.0. The summed E-state index contributed by atoms with van der Waals surface area (Å²) >= 11 is 0. The minimum absolute atomic E-state index is 0.161. The number of nitrogens with zero attached hydrogens (tertiary/aromatic N) is 1. The third kappa shape index (κ3) is 3.81. The zero-order chi connectivity index (χ0) is 13.6. The van der Waals surface area contributed by atoms with E-state index < -0.39 is 10.0 Å². The number of benzene rings is 1. The average molecular weight is 267 g/mol. The van der Waals surface area contributed by atoms with Crippen molar-refractivity contribution in [3.63, 3.8) is 0 Å². The van der Waals surface area contributed by atoms with E-state index in [9.17, 15) is 8.42 Å². The Kier molecular flexibility index (Phi) is 5.28. The van der Waals surface area contributed by atoms with Gasteiger partial charge in [-0.1, -0.05) is 6.07 Å². The number of hydrogen-bond donors (Lipinski definition) is 2. The lowest BCUT2D eigenvalue weighted by atomic mass is 10.2. The van der Waals surface area contributed by atoms with Crippen LogP contribution in [-0.2, 0) is 10.0 Å². The Hall–Kier alpha value is -1.42. The van der Waals surface area contributed by atoms with Crippen LogP contribution in [0.5, 0.6) is 0 Å². The molecule has 5 nitrogen and oxygen atoms in total. The average Bonchev–Trinajstić information content (AvgIpc) is 2.35. The second-order valence-electron chi connectivity index (χ2n) is 3.99. The first-order valence-electron chi connectivity index (χ1n) is 5.72. The van der Waals surface area contributed by atoms with Gasteiger partial charge in [0.2, 0.25) is 10.0 Å². The van der Waals surface area contributed by atoms with E-state index in [0.29, 0.717) is 30.6 Å². The van der Waals surface area contributed by atoms with E-state index in [2.05, 4.69) is 4.72 Å². The molecule has 0 amide bonds. The Balaban J connectivity index is 2.88. The predicted molar refractivity (Wildman–Crippen MR) is 69.4 cm³/mol. The Morgan fingerprint density at radius 1 is 1.39 bits per heavy atom. The van der Waals surface area contributed by atoms with Crippen LogP contribution in [0.25, 0.3) is 0 Å². The van der Waals surface area contributed by atoms with Gasteiger partial charge in [0.1, 0.15) is 0 Å². The molecule has 6 heteroatoms. The topological polar surface area (TPSA) is 96.0 Å². The molecule has 0 fully saturated rings. The van der Waals surface area contributed by atoms with Gasteiger partial charge in [-0.15, -0.1) is 0 Å². The number of sulfonamides is 1. The highest BCUT2D eigenvalue weighted by atomic mass is 32.2. The molecule has 0 unspecified atom stereocenters. The fourth-order valence-electron chi connectivity index (χ4n) is 1.51. The van der Waals surface area contributed by atoms with Gasteiger partial charge in [0, 0.05) is 6.54 Å². The van der Waals surface area contributed by atoms with Gasteiger partial charge in [-0.05, 0) is 44.0 Å². The third-order valence-electron chi connectivity index (χ3n) is 2.53. The van der Waals surface area contributed by atoms with E-state index >= 15 is 0 Å². The van der Waals surface area contributed by atoms with Crippen LogP contribution >= 0.6 is 0 Å². The number of nitriles is 1. The normalized spacial score (nSPS) is 11.2. The number of hydrogen-bond acceptors (Lipinski definition) is 4. The van der Waals surface area contributed by atoms with Gasteiger partial charge >= 0.3 is 0 Å². The molecule has 0 bridgehead atoms. The summed E-state index contributed by atoms with van der Waals surface area (Å²) in [5.74, 6) is 0. The molecular formula is C12H17N3O2S. The summed E-state index contributed by atoms with van der Waals surface area (Å²) in [7, 11) is -3.55. The fraction of sp³-hybridized carbons (Fsp3) is 0.417. The molecule has 18 heavy (non-hydrogen) atoms. The van der Waals surface area contributed by atoms with Crippen molar-refractivity contribution in [3.05, 3.63) is 29.3 Å². The highest BCUT2D eigenvalue weighted by molar-refractivity contribution is 7.89. The van der Waals surface area contributed by atoms with Crippen molar-refractivity contribution in [2.75, 3.05) is 13.1 Å². The van der Waals surface area contributed by atoms with Crippen LogP contribution in [0.1, 0.15) is 24.0 Å². The molecule has 98 valence electrons. The van der Waals surface area contributed by atoms with Crippen LogP contribution in [0.3, 0.4) is 0 Å². The van der Waals surface area contributed by atoms with E-state index in [1.54, 1.807) is 19.1 Å². The lowest BCUT2D eigenvalue weighted by Crippen LogP contribution is -2.26. The fourth-order valence-corrected chi connectivity index (χ4v) is 2.86. The molecule has 0 aliphatic rings. The highest BCUT2D eigenvalue weighted by Gasteiger charge is 2.16. The first-order valence-corrected chi connectivity index (χ1v) is 7.20. The van der Waals surface area contributed by atoms with Crippen LogP contribution in [0.2, 0.25) is 0 Å². The number of rotatable bonds is 6. The van der Waals surface area contributed by atoms with Gasteiger partial charge in [0.05, 0.1) is 16.5 Å². The minimum Gasteiger partial charge on any atom is -0.330 e. The maximum absolute atomic E-state index is 12.0. The zero-order valence-electron chi connectivity index (χ0n) is 10.3. The molecule has 1 rings (SSSR count). The van der Waals surface area contributed by atoms with E-state index in [-0.39, 0.29) is 4.90 Å². The van der Waals surface area contributed by atoms with Crippen molar-refractivity contribution in [3.8, 4) is 6.07 Å². The van der Waals surface area contributed by atoms with Crippen molar-refractivity contribution in [1.82, 2.24) is 4.72 Å². The molecule has 0 radical (unpaired) electrons. The van der Waals surface area contributed by atoms with Crippen LogP contribution < -0.4 is 10.5 Å². The van der Waals surface area contributed by atoms with Crippen LogP contribution in [0.4, 0.5) is 0 Å². The van der Waals surface area contributed by atoms with Gasteiger partial charge in [-0.3, -0.25) is 0 Å². The molecule has 0 aromatic heterocycles. The molecule has 0 saturated heterocycles. The lowest BCUT2D eigenvalue weighted by Gasteiger charge is -2.09. The Morgan fingerprint density at radius 2 is 2.11 bits per heavy atom. The van der Waals surface area contributed by atoms with E-state index in [1.807, 2.05) is 6.07 Å². The van der Waals surface area contributed by atoms with Gasteiger partial charge in [-0.25, -0.2) is 13.1 Å². The molecule has 0 heterocycles. The summed E-state index contributed by atoms with van der Waals surface area (Å²) in [6.45, 7) is 2.61. The monoisotopic (exact) mass is 267 g/mol. The first kappa shape index (κ1) is 14.6. The second kappa shape index (κ2) is 6.50. The molecule has 3 N–H and O–H groups in total. The van der Waals surface area contributed by atoms with Crippen molar-refractivity contribution in [1.29, 1.82) is 5.26 Å². The molecule has 1 aromatic carbocycles. The molecule has 1 aromatic rings. The van der Waals surface area contributed by atoms with Crippen molar-refractivity contribution < 1.29 is 8.42 Å². The summed E-state index contributed by atoms with van der Waals surface area (Å²) in [6, 6.07) is 6.56. The van der Waals surface area contributed by atoms with Crippen LogP contribution in [0.15, 0.2) is 23.1 Å². The van der Waals surface area contributed by atoms with Crippen molar-refractivity contribution in [2.45, 2.75) is 24.7 Å². The first-order chi connectivity index (χ1) is 8.51. The van der Waals surface area contributed by atoms with Gasteiger partial charge < -0.3 is 5.73 Å². The Bertz CT molecular complexity index is 547. The molecule has 0 aliphatic heterocycles. The summed E-state index contributed by atoms with van der Waals surface area (Å²) in [5.41, 5.74) is 6.30. The van der Waals surface area contributed by atoms with Gasteiger partial charge in [0.15, 0.2) is 0 Å². The van der Waals surface area contributed by atoms with Crippen molar-refractivity contribution in [2.24, 2.45) is 5.73 Å². The molecule has 0 saturated carbocycles. The summed E-state index contributed by atoms with van der Waals surface area (Å²) in [6.07, 6.45) is 1.48. The Morgan fingerprint density at radius 3 is 2.72 bits per heavy atom. The standard InChI is InChI=1S/C12H17N3O2S/c1-10-4-5-11(9-14)8-12(10)18(16,17)15-7-3-2-6-13/h4-5,8,15H,2-3,6-7,13H2,1H3. The molecular weight excluding hydrogens is 250 g/mol. The largest absolute Gasteiger partial charge is 0.330 e. The number of nitrogens with one attached hydrogen (secondary N) is 1. The number of aryl methyl sites for hydroxylation is 1. The second-order valence-corrected chi connectivity index (χ2v) is 5.72. The maximum Gasteiger partial charge on any atom is 0.240 e. The summed E-state index contributed by atoms with van der Waals surface area (Å²) in [5, 5.41) is 8.79. The van der Waals surface area contributed by atoms with E-state index in [0.717, 1.165) is 6.42 Å². The predicted octanol–water partition coefficient (Wildman–Crippen LogP) is 0.884. The Labute approximate surface area is 108 Å². The lowest BCUT2D eigenvalue weighted by molar-refractivity contribution is 0.576. The van der Waals surface area contributed by atoms with Gasteiger partial charge in [-0.2, -0.15) is 5.26 Å². The number of unbranched alkanes of at least 4 members (excludes halogenated alkanes) is 1. The van der Waals surface area contributed by atoms with Crippen LogP contribution in [0, 0.1) is 18.3 Å². The summed E-state index contributed by atoms with van der Waals surface area (Å²) in [4.78, 5) is 0.161. The SMILES string of the molecule is Cc1ccc(C#N)cc1S(=O)(=O)NCCCCN. The minimum atomic E-state index is -3.55. The van der Waals surface area contributed by atoms with E-state index in [1.165, 1.54) is 6.07 Å². The van der Waals surface area contributed by atoms with Crippen LogP contribution in [-0.4, -0.2) is 21.5 Å². The smallest absolute Gasteiger partial charge is 0.240 e.